The third-order valence-corrected chi connectivity index (χ3v) is 5.95. The molecule has 0 bridgehead atoms. The fourth-order valence-electron chi connectivity index (χ4n) is 3.16. The highest BCUT2D eigenvalue weighted by atomic mass is 35.5. The van der Waals surface area contributed by atoms with E-state index in [0.29, 0.717) is 5.75 Å². The van der Waals surface area contributed by atoms with Crippen LogP contribution in [-0.4, -0.2) is 35.8 Å². The monoisotopic (exact) mass is 395 g/mol. The zero-order valence-electron chi connectivity index (χ0n) is 14.5. The fraction of sp³-hybridized carbons (Fsp3) is 0.300. The smallest absolute Gasteiger partial charge is 0.160 e. The van der Waals surface area contributed by atoms with Crippen molar-refractivity contribution in [2.75, 3.05) is 26.4 Å². The van der Waals surface area contributed by atoms with Crippen LogP contribution in [0.5, 0.6) is 0 Å². The van der Waals surface area contributed by atoms with Crippen molar-refractivity contribution in [1.82, 2.24) is 4.90 Å². The van der Waals surface area contributed by atoms with Crippen LogP contribution in [0.15, 0.2) is 59.0 Å². The van der Waals surface area contributed by atoms with Crippen molar-refractivity contribution in [3.05, 3.63) is 70.3 Å². The van der Waals surface area contributed by atoms with E-state index < -0.39 is 11.2 Å². The number of benzene rings is 2. The van der Waals surface area contributed by atoms with Gasteiger partial charge in [-0.1, -0.05) is 35.9 Å². The molecule has 3 rings (SSSR count). The minimum Gasteiger partial charge on any atom is -0.611 e. The fourth-order valence-corrected chi connectivity index (χ4v) is 4.61. The Hall–Kier alpha value is -0.970. The molecule has 1 heterocycles. The molecule has 0 fully saturated rings. The van der Waals surface area contributed by atoms with Crippen LogP contribution in [0.1, 0.15) is 17.5 Å². The molecule has 0 radical (unpaired) electrons. The number of nitrogens with zero attached hydrogens (tertiary/aromatic N) is 1. The molecule has 0 aliphatic carbocycles. The van der Waals surface area contributed by atoms with Gasteiger partial charge in [0.25, 0.3) is 0 Å². The molecule has 0 aromatic heterocycles. The first-order valence-electron chi connectivity index (χ1n) is 8.12. The molecule has 0 amide bonds. The molecule has 25 heavy (non-hydrogen) atoms. The molecule has 1 aliphatic rings. The Morgan fingerprint density at radius 3 is 2.44 bits per heavy atom. The van der Waals surface area contributed by atoms with E-state index in [1.807, 2.05) is 30.3 Å². The first kappa shape index (κ1) is 20.3. The molecular formula is C20H23Cl2NOS. The van der Waals surface area contributed by atoms with Crippen molar-refractivity contribution in [3.63, 3.8) is 0 Å². The van der Waals surface area contributed by atoms with Gasteiger partial charge in [-0.15, -0.1) is 12.4 Å². The van der Waals surface area contributed by atoms with Crippen molar-refractivity contribution in [1.29, 1.82) is 0 Å². The molecule has 1 atom stereocenters. The van der Waals surface area contributed by atoms with E-state index in [4.69, 9.17) is 11.6 Å². The third kappa shape index (κ3) is 5.02. The molecule has 5 heteroatoms. The largest absolute Gasteiger partial charge is 0.611 e. The lowest BCUT2D eigenvalue weighted by atomic mass is 9.92. The molecule has 1 unspecified atom stereocenters. The summed E-state index contributed by atoms with van der Waals surface area (Å²) in [6, 6.07) is 16.2. The summed E-state index contributed by atoms with van der Waals surface area (Å²) >= 11 is 5.09. The molecule has 2 aromatic rings. The van der Waals surface area contributed by atoms with E-state index in [2.05, 4.69) is 37.2 Å². The second kappa shape index (κ2) is 9.11. The molecule has 134 valence electrons. The molecule has 0 N–H and O–H groups in total. The summed E-state index contributed by atoms with van der Waals surface area (Å²) in [5, 5.41) is 0.753. The second-order valence-corrected chi connectivity index (χ2v) is 8.39. The van der Waals surface area contributed by atoms with Crippen molar-refractivity contribution in [3.8, 4) is 0 Å². The summed E-state index contributed by atoms with van der Waals surface area (Å²) in [5.74, 6) is 0.699. The number of likely N-dealkylation sites (N-methyl/N-ethyl adjacent to an activating group) is 1. The van der Waals surface area contributed by atoms with E-state index >= 15 is 0 Å². The maximum absolute atomic E-state index is 12.6. The standard InChI is InChI=1S/C20H22ClNOS.ClH/c1-22(2)14-16-11-12-24(23)20-6-4-3-5-18(20)19(16)13-15-7-9-17(21)10-8-15;/h3-10H,11-14H2,1-2H3;1H. The van der Waals surface area contributed by atoms with Crippen LogP contribution in [0.25, 0.3) is 5.57 Å². The van der Waals surface area contributed by atoms with E-state index in [-0.39, 0.29) is 12.4 Å². The molecule has 2 aromatic carbocycles. The predicted octanol–water partition coefficient (Wildman–Crippen LogP) is 4.83. The highest BCUT2D eigenvalue weighted by Crippen LogP contribution is 2.34. The molecule has 0 saturated heterocycles. The van der Waals surface area contributed by atoms with Gasteiger partial charge in [0.05, 0.1) is 0 Å². The minimum absolute atomic E-state index is 0. The number of rotatable bonds is 4. The van der Waals surface area contributed by atoms with Crippen LogP contribution in [0, 0.1) is 0 Å². The summed E-state index contributed by atoms with van der Waals surface area (Å²) in [7, 11) is 4.17. The van der Waals surface area contributed by atoms with Gasteiger partial charge in [0.2, 0.25) is 0 Å². The molecule has 1 aliphatic heterocycles. The lowest BCUT2D eigenvalue weighted by Gasteiger charge is -2.17. The average Bonchev–Trinajstić information content (AvgIpc) is 2.69. The van der Waals surface area contributed by atoms with Gasteiger partial charge in [0, 0.05) is 23.6 Å². The van der Waals surface area contributed by atoms with Crippen LogP contribution >= 0.6 is 24.0 Å². The van der Waals surface area contributed by atoms with Crippen LogP contribution in [0.4, 0.5) is 0 Å². The van der Waals surface area contributed by atoms with E-state index in [1.54, 1.807) is 0 Å². The Morgan fingerprint density at radius 2 is 1.76 bits per heavy atom. The minimum atomic E-state index is -0.932. The molecule has 0 saturated carbocycles. The Kier molecular flexibility index (Phi) is 7.41. The average molecular weight is 396 g/mol. The maximum Gasteiger partial charge on any atom is 0.160 e. The first-order chi connectivity index (χ1) is 11.5. The normalized spacial score (nSPS) is 17.1. The maximum atomic E-state index is 12.6. The highest BCUT2D eigenvalue weighted by molar-refractivity contribution is 7.91. The Bertz CT molecular complexity index is 744. The number of hydrogen-bond acceptors (Lipinski definition) is 2. The van der Waals surface area contributed by atoms with Gasteiger partial charge in [-0.05, 0) is 72.7 Å². The Balaban J connectivity index is 0.00000225. The predicted molar refractivity (Wildman–Crippen MR) is 110 cm³/mol. The lowest BCUT2D eigenvalue weighted by Crippen LogP contribution is -2.17. The van der Waals surface area contributed by atoms with E-state index in [1.165, 1.54) is 16.7 Å². The number of halogens is 2. The number of hydrogen-bond donors (Lipinski definition) is 0. The number of allylic oxidation sites excluding steroid dienone is 1. The summed E-state index contributed by atoms with van der Waals surface area (Å²) in [6.07, 6.45) is 1.72. The van der Waals surface area contributed by atoms with Gasteiger partial charge >= 0.3 is 0 Å². The summed E-state index contributed by atoms with van der Waals surface area (Å²) in [4.78, 5) is 3.16. The molecule has 0 spiro atoms. The van der Waals surface area contributed by atoms with Gasteiger partial charge in [-0.3, -0.25) is 0 Å². The van der Waals surface area contributed by atoms with E-state index in [0.717, 1.165) is 34.9 Å². The van der Waals surface area contributed by atoms with Crippen LogP contribution in [0.3, 0.4) is 0 Å². The topological polar surface area (TPSA) is 26.3 Å². The molecule has 2 nitrogen and oxygen atoms in total. The summed E-state index contributed by atoms with van der Waals surface area (Å²) in [6.45, 7) is 0.897. The van der Waals surface area contributed by atoms with Gasteiger partial charge in [-0.25, -0.2) is 0 Å². The van der Waals surface area contributed by atoms with Crippen molar-refractivity contribution in [2.45, 2.75) is 17.7 Å². The lowest BCUT2D eigenvalue weighted by molar-refractivity contribution is 0.441. The second-order valence-electron chi connectivity index (χ2n) is 6.42. The van der Waals surface area contributed by atoms with E-state index in [9.17, 15) is 4.55 Å². The zero-order valence-corrected chi connectivity index (χ0v) is 16.9. The van der Waals surface area contributed by atoms with Crippen LogP contribution < -0.4 is 0 Å². The van der Waals surface area contributed by atoms with Crippen LogP contribution in [-0.2, 0) is 17.6 Å². The summed E-state index contributed by atoms with van der Waals surface area (Å²) < 4.78 is 12.6. The van der Waals surface area contributed by atoms with Gasteiger partial charge in [0.15, 0.2) is 4.90 Å². The van der Waals surface area contributed by atoms with Gasteiger partial charge < -0.3 is 9.45 Å². The van der Waals surface area contributed by atoms with Gasteiger partial charge in [-0.2, -0.15) is 0 Å². The van der Waals surface area contributed by atoms with Crippen molar-refractivity contribution < 1.29 is 4.55 Å². The molecular weight excluding hydrogens is 373 g/mol. The first-order valence-corrected chi connectivity index (χ1v) is 9.82. The number of fused-ring (bicyclic) bond motifs is 1. The highest BCUT2D eigenvalue weighted by Gasteiger charge is 2.25. The van der Waals surface area contributed by atoms with Gasteiger partial charge in [0.1, 0.15) is 5.75 Å². The third-order valence-electron chi connectivity index (χ3n) is 4.27. The van der Waals surface area contributed by atoms with Crippen molar-refractivity contribution >= 4 is 40.8 Å². The SMILES string of the molecule is CN(C)CC1=C(Cc2ccc(Cl)cc2)c2ccccc2[S+]([O-])CC1.Cl. The Labute approximate surface area is 164 Å². The van der Waals surface area contributed by atoms with Crippen LogP contribution in [0.2, 0.25) is 5.02 Å². The Morgan fingerprint density at radius 1 is 1.08 bits per heavy atom. The zero-order chi connectivity index (χ0) is 17.1. The summed E-state index contributed by atoms with van der Waals surface area (Å²) in [5.41, 5.74) is 5.06. The quantitative estimate of drug-likeness (QED) is 0.692. The van der Waals surface area contributed by atoms with Crippen molar-refractivity contribution in [2.24, 2.45) is 0 Å².